The third-order valence-corrected chi connectivity index (χ3v) is 9.21. The number of nitrogens with one attached hydrogen (secondary N) is 1. The predicted molar refractivity (Wildman–Crippen MR) is 102 cm³/mol. The standard InChI is InChI=1S/C16H30N4O5S2/c1-17-27(24,25)19-9-7-18(8-10-19)12-16(21)20(14-4-2-3-5-14)15-6-11-26(22,23)13-15/h14-15,17H,2-13H2,1H3/t15-/m0/s1. The van der Waals surface area contributed by atoms with E-state index in [1.54, 1.807) is 0 Å². The fourth-order valence-corrected chi connectivity index (χ4v) is 7.03. The molecule has 27 heavy (non-hydrogen) atoms. The molecular formula is C16H30N4O5S2. The highest BCUT2D eigenvalue weighted by Gasteiger charge is 2.39. The molecule has 2 heterocycles. The van der Waals surface area contributed by atoms with E-state index in [1.807, 2.05) is 9.80 Å². The summed E-state index contributed by atoms with van der Waals surface area (Å²) in [5.74, 6) is 0.215. The van der Waals surface area contributed by atoms with Gasteiger partial charge >= 0.3 is 0 Å². The highest BCUT2D eigenvalue weighted by Crippen LogP contribution is 2.29. The summed E-state index contributed by atoms with van der Waals surface area (Å²) in [7, 11) is -5.10. The van der Waals surface area contributed by atoms with Gasteiger partial charge in [-0.3, -0.25) is 9.69 Å². The van der Waals surface area contributed by atoms with Gasteiger partial charge < -0.3 is 4.90 Å². The molecule has 0 aromatic rings. The second-order valence-corrected chi connectivity index (χ2v) is 11.8. The Kier molecular flexibility index (Phi) is 6.46. The Morgan fingerprint density at radius 2 is 1.70 bits per heavy atom. The Morgan fingerprint density at radius 3 is 2.22 bits per heavy atom. The SMILES string of the molecule is CNS(=O)(=O)N1CCN(CC(=O)N(C2CCCC2)[C@H]2CCS(=O)(=O)C2)CC1. The van der Waals surface area contributed by atoms with Gasteiger partial charge in [-0.05, 0) is 19.3 Å². The number of hydrogen-bond donors (Lipinski definition) is 1. The van der Waals surface area contributed by atoms with Crippen molar-refractivity contribution in [3.05, 3.63) is 0 Å². The van der Waals surface area contributed by atoms with Crippen molar-refractivity contribution >= 4 is 26.0 Å². The normalized spacial score (nSPS) is 27.8. The topological polar surface area (TPSA) is 107 Å². The smallest absolute Gasteiger partial charge is 0.279 e. The lowest BCUT2D eigenvalue weighted by atomic mass is 10.1. The lowest BCUT2D eigenvalue weighted by Crippen LogP contribution is -2.55. The van der Waals surface area contributed by atoms with Crippen LogP contribution in [0, 0.1) is 0 Å². The summed E-state index contributed by atoms with van der Waals surface area (Å²) in [6.45, 7) is 1.90. The summed E-state index contributed by atoms with van der Waals surface area (Å²) in [5.41, 5.74) is 0. The van der Waals surface area contributed by atoms with Crippen LogP contribution in [0.3, 0.4) is 0 Å². The summed E-state index contributed by atoms with van der Waals surface area (Å²) >= 11 is 0. The lowest BCUT2D eigenvalue weighted by Gasteiger charge is -2.38. The summed E-state index contributed by atoms with van der Waals surface area (Å²) < 4.78 is 51.3. The van der Waals surface area contributed by atoms with Crippen LogP contribution >= 0.6 is 0 Å². The second-order valence-electron chi connectivity index (χ2n) is 7.68. The number of rotatable bonds is 6. The maximum Gasteiger partial charge on any atom is 0.279 e. The fraction of sp³-hybridized carbons (Fsp3) is 0.938. The van der Waals surface area contributed by atoms with Gasteiger partial charge in [0.1, 0.15) is 0 Å². The maximum absolute atomic E-state index is 13.1. The molecule has 0 aromatic carbocycles. The van der Waals surface area contributed by atoms with Gasteiger partial charge in [0.2, 0.25) is 5.91 Å². The zero-order valence-corrected chi connectivity index (χ0v) is 17.5. The number of amides is 1. The van der Waals surface area contributed by atoms with Crippen molar-refractivity contribution in [3.8, 4) is 0 Å². The van der Waals surface area contributed by atoms with Crippen LogP contribution in [0.25, 0.3) is 0 Å². The van der Waals surface area contributed by atoms with E-state index in [0.29, 0.717) is 32.6 Å². The highest BCUT2D eigenvalue weighted by atomic mass is 32.2. The zero-order valence-electron chi connectivity index (χ0n) is 15.8. The number of hydrogen-bond acceptors (Lipinski definition) is 6. The number of carbonyl (C=O) groups excluding carboxylic acids is 1. The van der Waals surface area contributed by atoms with Crippen molar-refractivity contribution in [2.24, 2.45) is 0 Å². The molecule has 1 saturated carbocycles. The molecule has 1 N–H and O–H groups in total. The molecule has 11 heteroatoms. The summed E-state index contributed by atoms with van der Waals surface area (Å²) in [5, 5.41) is 0. The van der Waals surface area contributed by atoms with E-state index in [1.165, 1.54) is 11.4 Å². The first kappa shape index (κ1) is 21.0. The summed E-state index contributed by atoms with van der Waals surface area (Å²) in [4.78, 5) is 16.9. The molecule has 0 aromatic heterocycles. The number of carbonyl (C=O) groups is 1. The van der Waals surface area contributed by atoms with Gasteiger partial charge in [-0.2, -0.15) is 12.7 Å². The second kappa shape index (κ2) is 8.32. The summed E-state index contributed by atoms with van der Waals surface area (Å²) in [6.07, 6.45) is 4.56. The average molecular weight is 423 g/mol. The van der Waals surface area contributed by atoms with Gasteiger partial charge in [0.25, 0.3) is 10.2 Å². The Labute approximate surface area is 162 Å². The van der Waals surface area contributed by atoms with Crippen molar-refractivity contribution in [3.63, 3.8) is 0 Å². The molecule has 9 nitrogen and oxygen atoms in total. The van der Waals surface area contributed by atoms with Crippen molar-refractivity contribution in [2.75, 3.05) is 51.3 Å². The Bertz CT molecular complexity index is 741. The molecule has 1 atom stereocenters. The van der Waals surface area contributed by atoms with Crippen molar-refractivity contribution < 1.29 is 21.6 Å². The van der Waals surface area contributed by atoms with Crippen molar-refractivity contribution in [1.82, 2.24) is 18.8 Å². The van der Waals surface area contributed by atoms with Crippen molar-refractivity contribution in [2.45, 2.75) is 44.2 Å². The van der Waals surface area contributed by atoms with E-state index in [-0.39, 0.29) is 36.0 Å². The summed E-state index contributed by atoms with van der Waals surface area (Å²) in [6, 6.07) is -0.0710. The van der Waals surface area contributed by atoms with Gasteiger partial charge in [-0.25, -0.2) is 13.1 Å². The van der Waals surface area contributed by atoms with E-state index in [4.69, 9.17) is 0 Å². The molecular weight excluding hydrogens is 392 g/mol. The Morgan fingerprint density at radius 1 is 1.07 bits per heavy atom. The van der Waals surface area contributed by atoms with Gasteiger partial charge in [0.05, 0.1) is 18.1 Å². The van der Waals surface area contributed by atoms with Crippen LogP contribution in [-0.4, -0.2) is 100 Å². The third-order valence-electron chi connectivity index (χ3n) is 5.90. The minimum absolute atomic E-state index is 0.0195. The molecule has 0 spiro atoms. The Balaban J connectivity index is 1.62. The van der Waals surface area contributed by atoms with Gasteiger partial charge in [-0.15, -0.1) is 0 Å². The van der Waals surface area contributed by atoms with E-state index in [0.717, 1.165) is 25.7 Å². The maximum atomic E-state index is 13.1. The molecule has 156 valence electrons. The van der Waals surface area contributed by atoms with Crippen LogP contribution < -0.4 is 4.72 Å². The van der Waals surface area contributed by atoms with Crippen LogP contribution in [0.15, 0.2) is 0 Å². The quantitative estimate of drug-likeness (QED) is 0.590. The van der Waals surface area contributed by atoms with Gasteiger partial charge in [0.15, 0.2) is 9.84 Å². The highest BCUT2D eigenvalue weighted by molar-refractivity contribution is 7.91. The molecule has 1 amide bonds. The molecule has 1 aliphatic carbocycles. The fourth-order valence-electron chi connectivity index (χ4n) is 4.41. The molecule has 2 aliphatic heterocycles. The Hall–Kier alpha value is -0.750. The van der Waals surface area contributed by atoms with Crippen molar-refractivity contribution in [1.29, 1.82) is 0 Å². The van der Waals surface area contributed by atoms with Gasteiger partial charge in [-0.1, -0.05) is 12.8 Å². The van der Waals surface area contributed by atoms with E-state index in [2.05, 4.69) is 4.72 Å². The molecule has 0 bridgehead atoms. The molecule has 3 rings (SSSR count). The predicted octanol–water partition coefficient (Wildman–Crippen LogP) is -0.973. The van der Waals surface area contributed by atoms with Crippen LogP contribution in [-0.2, 0) is 24.8 Å². The number of piperazine rings is 1. The van der Waals surface area contributed by atoms with Crippen LogP contribution in [0.2, 0.25) is 0 Å². The largest absolute Gasteiger partial charge is 0.335 e. The first-order valence-electron chi connectivity index (χ1n) is 9.64. The first-order valence-corrected chi connectivity index (χ1v) is 12.9. The van der Waals surface area contributed by atoms with Crippen LogP contribution in [0.4, 0.5) is 0 Å². The minimum atomic E-state index is -3.43. The molecule has 3 aliphatic rings. The van der Waals surface area contributed by atoms with E-state index >= 15 is 0 Å². The molecule has 0 radical (unpaired) electrons. The molecule has 2 saturated heterocycles. The lowest BCUT2D eigenvalue weighted by molar-refractivity contribution is -0.137. The number of nitrogens with zero attached hydrogens (tertiary/aromatic N) is 3. The third kappa shape index (κ3) is 5.00. The van der Waals surface area contributed by atoms with Crippen LogP contribution in [0.1, 0.15) is 32.1 Å². The number of sulfone groups is 1. The zero-order chi connectivity index (χ0) is 19.7. The first-order chi connectivity index (χ1) is 12.7. The van der Waals surface area contributed by atoms with E-state index in [9.17, 15) is 21.6 Å². The average Bonchev–Trinajstić information content (AvgIpc) is 3.26. The van der Waals surface area contributed by atoms with E-state index < -0.39 is 20.0 Å². The molecule has 0 unspecified atom stereocenters. The minimum Gasteiger partial charge on any atom is -0.335 e. The monoisotopic (exact) mass is 422 g/mol. The molecule has 3 fully saturated rings. The van der Waals surface area contributed by atoms with Gasteiger partial charge in [0, 0.05) is 45.3 Å². The van der Waals surface area contributed by atoms with Crippen LogP contribution in [0.5, 0.6) is 0 Å².